The van der Waals surface area contributed by atoms with E-state index in [0.29, 0.717) is 0 Å². The Morgan fingerprint density at radius 2 is 1.12 bits per heavy atom. The van der Waals surface area contributed by atoms with Crippen molar-refractivity contribution in [3.63, 3.8) is 0 Å². The number of hydrogen-bond donors (Lipinski definition) is 2. The molecule has 84 heavy (non-hydrogen) atoms. The van der Waals surface area contributed by atoms with E-state index in [9.17, 15) is 0 Å². The number of fused-ring (bicyclic) bond motifs is 4. The van der Waals surface area contributed by atoms with Gasteiger partial charge in [0.2, 0.25) is 0 Å². The minimum atomic E-state index is 0.721. The highest BCUT2D eigenvalue weighted by Gasteiger charge is 2.13. The summed E-state index contributed by atoms with van der Waals surface area (Å²) in [5.74, 6) is 1.69. The molecule has 0 bridgehead atoms. The summed E-state index contributed by atoms with van der Waals surface area (Å²) in [7, 11) is 1.93. The SMILES string of the molecule is C=C(/C=C/C)CCc1ccc2c(CCc3nnc4ccc(-c5ccccc5)nn34)ccnc2c1.C=C(C)/C=C\C/C(C)=C/C.C=CC(=C)CCNC.C=CC(=C)Nc1ccc2c(CCc3nnc4ccc(-c5ccccc5)nn34)ccnc2c1. The molecule has 0 spiro atoms. The van der Waals surface area contributed by atoms with Crippen LogP contribution >= 0.6 is 0 Å². The first-order valence-electron chi connectivity index (χ1n) is 28.4. The summed E-state index contributed by atoms with van der Waals surface area (Å²) in [6.45, 7) is 32.1. The number of allylic oxidation sites excluding steroid dienone is 10. The topological polar surface area (TPSA) is 136 Å². The monoisotopic (exact) mass is 1110 g/mol. The van der Waals surface area contributed by atoms with Gasteiger partial charge < -0.3 is 10.6 Å². The van der Waals surface area contributed by atoms with E-state index in [1.165, 1.54) is 27.6 Å². The van der Waals surface area contributed by atoms with Crippen LogP contribution in [0.5, 0.6) is 0 Å². The Balaban J connectivity index is 0.000000187. The fourth-order valence-corrected chi connectivity index (χ4v) is 8.94. The summed E-state index contributed by atoms with van der Waals surface area (Å²) < 4.78 is 3.70. The quantitative estimate of drug-likeness (QED) is 0.0499. The average molecular weight is 1110 g/mol. The van der Waals surface area contributed by atoms with Crippen molar-refractivity contribution in [3.05, 3.63) is 284 Å². The second kappa shape index (κ2) is 32.0. The van der Waals surface area contributed by atoms with E-state index in [1.807, 2.05) is 127 Å². The van der Waals surface area contributed by atoms with Crippen molar-refractivity contribution in [1.29, 1.82) is 0 Å². The third-order valence-electron chi connectivity index (χ3n) is 13.8. The van der Waals surface area contributed by atoms with Gasteiger partial charge in [-0.1, -0.05) is 177 Å². The Morgan fingerprint density at radius 1 is 0.560 bits per heavy atom. The highest BCUT2D eigenvalue weighted by atomic mass is 15.4. The zero-order valence-electron chi connectivity index (χ0n) is 49.5. The number of pyridine rings is 2. The molecular formula is C72H78N12. The van der Waals surface area contributed by atoms with Crippen molar-refractivity contribution in [2.45, 2.75) is 79.1 Å². The maximum atomic E-state index is 4.81. The molecule has 0 aliphatic heterocycles. The number of rotatable bonds is 22. The number of aryl methyl sites for hydroxylation is 5. The number of nitrogens with zero attached hydrogens (tertiary/aromatic N) is 10. The van der Waals surface area contributed by atoms with E-state index in [1.54, 1.807) is 12.2 Å². The molecule has 6 aromatic heterocycles. The van der Waals surface area contributed by atoms with Crippen LogP contribution in [0.2, 0.25) is 0 Å². The molecule has 0 aliphatic rings. The van der Waals surface area contributed by atoms with Crippen LogP contribution in [0, 0.1) is 0 Å². The van der Waals surface area contributed by atoms with Gasteiger partial charge in [0.15, 0.2) is 22.9 Å². The molecule has 10 aromatic rings. The highest BCUT2D eigenvalue weighted by molar-refractivity contribution is 5.85. The van der Waals surface area contributed by atoms with Gasteiger partial charge in [-0.05, 0) is 157 Å². The van der Waals surface area contributed by atoms with Crippen molar-refractivity contribution >= 4 is 38.8 Å². The summed E-state index contributed by atoms with van der Waals surface area (Å²) in [4.78, 5) is 9.16. The molecule has 2 N–H and O–H groups in total. The fraction of sp³-hybridized carbons (Fsp3) is 0.194. The molecule has 4 aromatic carbocycles. The lowest BCUT2D eigenvalue weighted by molar-refractivity contribution is 0.788. The Labute approximate surface area is 496 Å². The van der Waals surface area contributed by atoms with Crippen molar-refractivity contribution in [1.82, 2.24) is 54.9 Å². The smallest absolute Gasteiger partial charge is 0.177 e. The van der Waals surface area contributed by atoms with Gasteiger partial charge in [0.25, 0.3) is 0 Å². The van der Waals surface area contributed by atoms with Gasteiger partial charge >= 0.3 is 0 Å². The van der Waals surface area contributed by atoms with Crippen molar-refractivity contribution in [3.8, 4) is 22.5 Å². The van der Waals surface area contributed by atoms with Gasteiger partial charge in [0, 0.05) is 58.5 Å². The third kappa shape index (κ3) is 18.1. The molecule has 6 heterocycles. The third-order valence-corrected chi connectivity index (χ3v) is 13.8. The van der Waals surface area contributed by atoms with Gasteiger partial charge in [-0.2, -0.15) is 19.2 Å². The highest BCUT2D eigenvalue weighted by Crippen LogP contribution is 2.25. The second-order valence-corrected chi connectivity index (χ2v) is 20.3. The maximum Gasteiger partial charge on any atom is 0.177 e. The molecule has 12 heteroatoms. The van der Waals surface area contributed by atoms with Gasteiger partial charge in [-0.15, -0.1) is 20.4 Å². The van der Waals surface area contributed by atoms with Crippen LogP contribution in [0.4, 0.5) is 5.69 Å². The normalized spacial score (nSPS) is 11.2. The van der Waals surface area contributed by atoms with Crippen LogP contribution < -0.4 is 10.6 Å². The van der Waals surface area contributed by atoms with Crippen LogP contribution in [0.1, 0.15) is 75.3 Å². The zero-order chi connectivity index (χ0) is 59.6. The lowest BCUT2D eigenvalue weighted by Gasteiger charge is -2.09. The first kappa shape index (κ1) is 61.8. The molecule has 0 atom stereocenters. The molecule has 0 amide bonds. The molecule has 12 nitrogen and oxygen atoms in total. The molecule has 0 saturated heterocycles. The van der Waals surface area contributed by atoms with Crippen LogP contribution in [0.15, 0.2) is 256 Å². The number of aromatic nitrogens is 10. The van der Waals surface area contributed by atoms with Gasteiger partial charge in [-0.3, -0.25) is 9.97 Å². The van der Waals surface area contributed by atoms with Crippen molar-refractivity contribution < 1.29 is 0 Å². The Morgan fingerprint density at radius 3 is 1.63 bits per heavy atom. The number of benzene rings is 4. The number of anilines is 1. The predicted molar refractivity (Wildman–Crippen MR) is 352 cm³/mol. The molecule has 10 rings (SSSR count). The fourth-order valence-electron chi connectivity index (χ4n) is 8.94. The van der Waals surface area contributed by atoms with Crippen molar-refractivity contribution in [2.75, 3.05) is 18.9 Å². The first-order chi connectivity index (χ1) is 40.9. The molecular weight excluding hydrogens is 1030 g/mol. The molecule has 0 radical (unpaired) electrons. The van der Waals surface area contributed by atoms with E-state index in [0.717, 1.165) is 148 Å². The van der Waals surface area contributed by atoms with Crippen LogP contribution in [0.25, 0.3) is 55.6 Å². The molecule has 426 valence electrons. The van der Waals surface area contributed by atoms with E-state index in [-0.39, 0.29) is 0 Å². The summed E-state index contributed by atoms with van der Waals surface area (Å²) >= 11 is 0. The summed E-state index contributed by atoms with van der Waals surface area (Å²) in [5.41, 5.74) is 17.6. The van der Waals surface area contributed by atoms with Crippen molar-refractivity contribution in [2.24, 2.45) is 0 Å². The van der Waals surface area contributed by atoms with Gasteiger partial charge in [0.05, 0.1) is 22.4 Å². The van der Waals surface area contributed by atoms with Gasteiger partial charge in [-0.25, -0.2) is 0 Å². The summed E-state index contributed by atoms with van der Waals surface area (Å²) in [6.07, 6.45) is 24.7. The van der Waals surface area contributed by atoms with Crippen LogP contribution in [-0.4, -0.2) is 63.2 Å². The molecule has 0 fully saturated rings. The Bertz CT molecular complexity index is 3950. The van der Waals surface area contributed by atoms with Crippen LogP contribution in [-0.2, 0) is 32.1 Å². The zero-order valence-corrected chi connectivity index (χ0v) is 49.5. The maximum absolute atomic E-state index is 4.81. The van der Waals surface area contributed by atoms with E-state index < -0.39 is 0 Å². The van der Waals surface area contributed by atoms with E-state index in [4.69, 9.17) is 10.2 Å². The van der Waals surface area contributed by atoms with E-state index in [2.05, 4.69) is 173 Å². The number of hydrogen-bond acceptors (Lipinski definition) is 10. The minimum absolute atomic E-state index is 0.721. The molecule has 0 aliphatic carbocycles. The molecule has 0 saturated carbocycles. The van der Waals surface area contributed by atoms with Crippen LogP contribution in [0.3, 0.4) is 0 Å². The number of nitrogens with one attached hydrogen (secondary N) is 2. The minimum Gasteiger partial charge on any atom is -0.356 e. The lowest BCUT2D eigenvalue weighted by Crippen LogP contribution is -2.07. The van der Waals surface area contributed by atoms with E-state index >= 15 is 0 Å². The Kier molecular flexibility index (Phi) is 23.6. The lowest BCUT2D eigenvalue weighted by atomic mass is 10.00. The largest absolute Gasteiger partial charge is 0.356 e. The average Bonchev–Trinajstić information content (AvgIpc) is 3.86. The van der Waals surface area contributed by atoms with Gasteiger partial charge in [0.1, 0.15) is 0 Å². The summed E-state index contributed by atoms with van der Waals surface area (Å²) in [6, 6.07) is 45.1. The second-order valence-electron chi connectivity index (χ2n) is 20.3. The standard InChI is InChI=1S/C29H27N5.C26H22N6.C10H16.C7H13N/c1-3-7-21(2)10-11-22-12-14-25-23(18-19-30-27(25)20-22)13-16-28-31-32-29-17-15-26(33-34(28)29)24-8-5-4-6-9-24;1-3-18(2)28-21-10-11-22-19(15-16-27-24(22)17-21)9-13-25-29-30-26-14-12-23(31-32(25)26)20-7-5-4-6-8-20;1-5-10(4)8-6-7-9(2)3;1-4-7(2)5-6-8-3/h3-9,12,14-15,17-20H,2,10-11,13,16H2,1H3;3-8,10-12,14-17,28H,1-2,9,13H2;5-7H,2,8H2,1,3-4H3;4,8H,1-2,5-6H2,3H3/b7-3+;;7-6-,10-5+;. The first-order valence-corrected chi connectivity index (χ1v) is 28.4. The predicted octanol–water partition coefficient (Wildman–Crippen LogP) is 16.2. The molecule has 0 unspecified atom stereocenters. The Hall–Kier alpha value is -9.78. The summed E-state index contributed by atoms with van der Waals surface area (Å²) in [5, 5.41) is 35.5.